The zero-order valence-corrected chi connectivity index (χ0v) is 8.54. The average molecular weight is 262 g/mol. The summed E-state index contributed by atoms with van der Waals surface area (Å²) in [5, 5.41) is 0.196. The van der Waals surface area contributed by atoms with Gasteiger partial charge in [-0.2, -0.15) is 22.0 Å². The van der Waals surface area contributed by atoms with E-state index in [4.69, 9.17) is 5.73 Å². The van der Waals surface area contributed by atoms with E-state index in [9.17, 15) is 22.0 Å². The van der Waals surface area contributed by atoms with E-state index in [1.165, 1.54) is 6.20 Å². The monoisotopic (exact) mass is 262 g/mol. The van der Waals surface area contributed by atoms with Crippen LogP contribution in [0.15, 0.2) is 6.20 Å². The van der Waals surface area contributed by atoms with Crippen LogP contribution in [0.2, 0.25) is 0 Å². The Morgan fingerprint density at radius 1 is 1.31 bits per heavy atom. The second-order valence-electron chi connectivity index (χ2n) is 2.86. The SMILES string of the molecule is Nc1ncc(COCC(F)(F)C(F)(F)F)s1. The Morgan fingerprint density at radius 2 is 1.94 bits per heavy atom. The highest BCUT2D eigenvalue weighted by atomic mass is 32.1. The fourth-order valence-electron chi connectivity index (χ4n) is 0.751. The van der Waals surface area contributed by atoms with Gasteiger partial charge in [0.25, 0.3) is 0 Å². The molecule has 0 aliphatic carbocycles. The molecule has 0 aliphatic rings. The molecular formula is C7H7F5N2OS. The van der Waals surface area contributed by atoms with Crippen molar-refractivity contribution in [1.82, 2.24) is 4.98 Å². The number of rotatable bonds is 4. The van der Waals surface area contributed by atoms with Crippen molar-refractivity contribution in [3.05, 3.63) is 11.1 Å². The lowest BCUT2D eigenvalue weighted by molar-refractivity contribution is -0.297. The van der Waals surface area contributed by atoms with Crippen LogP contribution < -0.4 is 5.73 Å². The van der Waals surface area contributed by atoms with E-state index in [1.54, 1.807) is 0 Å². The van der Waals surface area contributed by atoms with Gasteiger partial charge in [-0.1, -0.05) is 11.3 Å². The molecule has 92 valence electrons. The van der Waals surface area contributed by atoms with E-state index in [0.29, 0.717) is 4.88 Å². The molecule has 0 saturated carbocycles. The molecule has 1 aromatic rings. The summed E-state index contributed by atoms with van der Waals surface area (Å²) in [5.41, 5.74) is 5.23. The summed E-state index contributed by atoms with van der Waals surface area (Å²) in [5.74, 6) is -4.84. The molecule has 2 N–H and O–H groups in total. The van der Waals surface area contributed by atoms with Gasteiger partial charge in [-0.25, -0.2) is 4.98 Å². The van der Waals surface area contributed by atoms with Gasteiger partial charge in [0, 0.05) is 6.20 Å². The first kappa shape index (κ1) is 13.1. The largest absolute Gasteiger partial charge is 0.455 e. The van der Waals surface area contributed by atoms with E-state index in [1.807, 2.05) is 0 Å². The molecule has 1 heterocycles. The maximum atomic E-state index is 12.4. The topological polar surface area (TPSA) is 48.1 Å². The number of alkyl halides is 5. The highest BCUT2D eigenvalue weighted by Crippen LogP contribution is 2.35. The third kappa shape index (κ3) is 3.27. The summed E-state index contributed by atoms with van der Waals surface area (Å²) < 4.78 is 64.1. The number of thiazole rings is 1. The summed E-state index contributed by atoms with van der Waals surface area (Å²) >= 11 is 0.961. The van der Waals surface area contributed by atoms with Crippen molar-refractivity contribution in [1.29, 1.82) is 0 Å². The normalized spacial score (nSPS) is 13.1. The van der Waals surface area contributed by atoms with Crippen LogP contribution in [0.3, 0.4) is 0 Å². The highest BCUT2D eigenvalue weighted by Gasteiger charge is 2.57. The second kappa shape index (κ2) is 4.50. The van der Waals surface area contributed by atoms with E-state index in [-0.39, 0.29) is 11.7 Å². The van der Waals surface area contributed by atoms with Gasteiger partial charge >= 0.3 is 12.1 Å². The van der Waals surface area contributed by atoms with Gasteiger partial charge in [-0.3, -0.25) is 0 Å². The molecule has 0 aromatic carbocycles. The van der Waals surface area contributed by atoms with Crippen molar-refractivity contribution in [3.63, 3.8) is 0 Å². The fourth-order valence-corrected chi connectivity index (χ4v) is 1.37. The molecule has 0 atom stereocenters. The minimum absolute atomic E-state index is 0.196. The molecule has 0 aliphatic heterocycles. The number of nitrogens with two attached hydrogens (primary N) is 1. The maximum absolute atomic E-state index is 12.4. The minimum Gasteiger partial charge on any atom is -0.375 e. The van der Waals surface area contributed by atoms with Crippen molar-refractivity contribution in [2.24, 2.45) is 0 Å². The van der Waals surface area contributed by atoms with Crippen LogP contribution in [-0.4, -0.2) is 23.7 Å². The van der Waals surface area contributed by atoms with Gasteiger partial charge in [0.05, 0.1) is 11.5 Å². The van der Waals surface area contributed by atoms with Crippen LogP contribution in [-0.2, 0) is 11.3 Å². The molecule has 3 nitrogen and oxygen atoms in total. The number of aromatic nitrogens is 1. The zero-order chi connectivity index (χ0) is 12.4. The van der Waals surface area contributed by atoms with E-state index < -0.39 is 18.7 Å². The smallest absolute Gasteiger partial charge is 0.375 e. The van der Waals surface area contributed by atoms with Crippen LogP contribution in [0.1, 0.15) is 4.88 Å². The van der Waals surface area contributed by atoms with Crippen LogP contribution in [0.25, 0.3) is 0 Å². The maximum Gasteiger partial charge on any atom is 0.455 e. The lowest BCUT2D eigenvalue weighted by atomic mass is 10.3. The first-order valence-electron chi connectivity index (χ1n) is 3.95. The van der Waals surface area contributed by atoms with Crippen LogP contribution >= 0.6 is 11.3 Å². The summed E-state index contributed by atoms with van der Waals surface area (Å²) in [4.78, 5) is 3.97. The molecule has 0 bridgehead atoms. The molecule has 1 aromatic heterocycles. The number of hydrogen-bond donors (Lipinski definition) is 1. The number of anilines is 1. The van der Waals surface area contributed by atoms with Crippen LogP contribution in [0.5, 0.6) is 0 Å². The summed E-state index contributed by atoms with van der Waals surface area (Å²) in [6.45, 7) is -2.09. The molecule has 0 amide bonds. The van der Waals surface area contributed by atoms with Gasteiger partial charge in [-0.05, 0) is 0 Å². The average Bonchev–Trinajstić information content (AvgIpc) is 2.49. The van der Waals surface area contributed by atoms with Crippen molar-refractivity contribution >= 4 is 16.5 Å². The number of ether oxygens (including phenoxy) is 1. The third-order valence-corrected chi connectivity index (χ3v) is 2.31. The highest BCUT2D eigenvalue weighted by molar-refractivity contribution is 7.15. The summed E-state index contributed by atoms with van der Waals surface area (Å²) in [6, 6.07) is 0. The predicted octanol–water partition coefficient (Wildman–Crippen LogP) is 2.44. The number of nitrogen functional groups attached to an aromatic ring is 1. The Balaban J connectivity index is 2.41. The van der Waals surface area contributed by atoms with Crippen molar-refractivity contribution in [2.75, 3.05) is 12.3 Å². The Labute approximate surface area is 91.0 Å². The molecule has 0 unspecified atom stereocenters. The Hall–Kier alpha value is -0.960. The van der Waals surface area contributed by atoms with Gasteiger partial charge in [0.1, 0.15) is 6.61 Å². The molecule has 0 saturated heterocycles. The van der Waals surface area contributed by atoms with Crippen molar-refractivity contribution in [3.8, 4) is 0 Å². The van der Waals surface area contributed by atoms with Gasteiger partial charge in [0.15, 0.2) is 5.13 Å². The molecule has 0 radical (unpaired) electrons. The molecule has 16 heavy (non-hydrogen) atoms. The van der Waals surface area contributed by atoms with Crippen LogP contribution in [0.4, 0.5) is 27.1 Å². The predicted molar refractivity (Wildman–Crippen MR) is 47.2 cm³/mol. The molecular weight excluding hydrogens is 255 g/mol. The molecule has 1 rings (SSSR count). The van der Waals surface area contributed by atoms with Gasteiger partial charge < -0.3 is 10.5 Å². The van der Waals surface area contributed by atoms with Crippen molar-refractivity contribution in [2.45, 2.75) is 18.7 Å². The lowest BCUT2D eigenvalue weighted by Gasteiger charge is -2.18. The summed E-state index contributed by atoms with van der Waals surface area (Å²) in [6.07, 6.45) is -4.34. The number of hydrogen-bond acceptors (Lipinski definition) is 4. The third-order valence-electron chi connectivity index (χ3n) is 1.51. The van der Waals surface area contributed by atoms with E-state index in [2.05, 4.69) is 9.72 Å². The molecule has 0 fully saturated rings. The fraction of sp³-hybridized carbons (Fsp3) is 0.571. The minimum atomic E-state index is -5.60. The number of nitrogens with zero attached hydrogens (tertiary/aromatic N) is 1. The molecule has 9 heteroatoms. The second-order valence-corrected chi connectivity index (χ2v) is 4.01. The standard InChI is InChI=1S/C7H7F5N2OS/c8-6(9,7(10,11)12)3-15-2-4-1-14-5(13)16-4/h1H,2-3H2,(H2,13,14). The Morgan fingerprint density at radius 3 is 2.38 bits per heavy atom. The first-order chi connectivity index (χ1) is 7.22. The van der Waals surface area contributed by atoms with E-state index >= 15 is 0 Å². The Bertz CT molecular complexity index is 351. The van der Waals surface area contributed by atoms with Gasteiger partial charge in [0.2, 0.25) is 0 Å². The molecule has 0 spiro atoms. The lowest BCUT2D eigenvalue weighted by Crippen LogP contribution is -2.40. The van der Waals surface area contributed by atoms with Gasteiger partial charge in [-0.15, -0.1) is 0 Å². The number of halogens is 5. The van der Waals surface area contributed by atoms with Crippen LogP contribution in [0, 0.1) is 0 Å². The van der Waals surface area contributed by atoms with E-state index in [0.717, 1.165) is 11.3 Å². The summed E-state index contributed by atoms with van der Waals surface area (Å²) in [7, 11) is 0. The quantitative estimate of drug-likeness (QED) is 0.848. The zero-order valence-electron chi connectivity index (χ0n) is 7.72. The van der Waals surface area contributed by atoms with Crippen molar-refractivity contribution < 1.29 is 26.7 Å². The Kier molecular flexibility index (Phi) is 3.68. The first-order valence-corrected chi connectivity index (χ1v) is 4.76.